The number of hydrogen-bond acceptors (Lipinski definition) is 3. The minimum atomic E-state index is 0.524. The van der Waals surface area contributed by atoms with Crippen LogP contribution in [0.3, 0.4) is 0 Å². The van der Waals surface area contributed by atoms with Crippen molar-refractivity contribution in [1.29, 1.82) is 0 Å². The summed E-state index contributed by atoms with van der Waals surface area (Å²) in [5.74, 6) is 0.702. The van der Waals surface area contributed by atoms with Crippen LogP contribution in [0.25, 0.3) is 0 Å². The van der Waals surface area contributed by atoms with Crippen molar-refractivity contribution in [3.63, 3.8) is 0 Å². The van der Waals surface area contributed by atoms with Crippen LogP contribution in [0.15, 0.2) is 6.20 Å². The first-order valence-electron chi connectivity index (χ1n) is 7.60. The zero-order valence-corrected chi connectivity index (χ0v) is 12.8. The van der Waals surface area contributed by atoms with Crippen LogP contribution in [0.2, 0.25) is 0 Å². The third kappa shape index (κ3) is 3.18. The molecule has 1 saturated heterocycles. The Hall–Kier alpha value is -0.870. The van der Waals surface area contributed by atoms with E-state index in [1.807, 2.05) is 11.7 Å². The fourth-order valence-corrected chi connectivity index (χ4v) is 3.37. The van der Waals surface area contributed by atoms with Crippen molar-refractivity contribution in [2.75, 3.05) is 26.7 Å². The second-order valence-electron chi connectivity index (χ2n) is 5.69. The van der Waals surface area contributed by atoms with Crippen LogP contribution >= 0.6 is 0 Å². The van der Waals surface area contributed by atoms with Gasteiger partial charge >= 0.3 is 0 Å². The minimum Gasteiger partial charge on any atom is -0.317 e. The molecule has 1 fully saturated rings. The van der Waals surface area contributed by atoms with Crippen molar-refractivity contribution < 1.29 is 0 Å². The molecular formula is C15H28N4. The molecule has 4 heteroatoms. The molecule has 2 unspecified atom stereocenters. The van der Waals surface area contributed by atoms with Crippen LogP contribution in [0.5, 0.6) is 0 Å². The van der Waals surface area contributed by atoms with E-state index in [9.17, 15) is 0 Å². The lowest BCUT2D eigenvalue weighted by molar-refractivity contribution is 0.119. The Bertz CT molecular complexity index is 399. The van der Waals surface area contributed by atoms with Crippen LogP contribution in [0.4, 0.5) is 0 Å². The van der Waals surface area contributed by atoms with Crippen LogP contribution in [0, 0.1) is 5.92 Å². The maximum absolute atomic E-state index is 4.62. The van der Waals surface area contributed by atoms with Crippen molar-refractivity contribution in [3.8, 4) is 0 Å². The highest BCUT2D eigenvalue weighted by Gasteiger charge is 2.32. The summed E-state index contributed by atoms with van der Waals surface area (Å²) in [5, 5.41) is 8.15. The molecule has 1 N–H and O–H groups in total. The summed E-state index contributed by atoms with van der Waals surface area (Å²) in [5.41, 5.74) is 2.71. The summed E-state index contributed by atoms with van der Waals surface area (Å²) in [6.45, 7) is 7.76. The largest absolute Gasteiger partial charge is 0.317 e. The molecule has 1 aliphatic rings. The maximum Gasteiger partial charge on any atom is 0.0669 e. The highest BCUT2D eigenvalue weighted by molar-refractivity contribution is 5.23. The van der Waals surface area contributed by atoms with Crippen molar-refractivity contribution in [2.24, 2.45) is 13.0 Å². The Kier molecular flexibility index (Phi) is 4.99. The fourth-order valence-electron chi connectivity index (χ4n) is 3.37. The van der Waals surface area contributed by atoms with Gasteiger partial charge in [-0.25, -0.2) is 0 Å². The van der Waals surface area contributed by atoms with Gasteiger partial charge < -0.3 is 5.32 Å². The zero-order valence-electron chi connectivity index (χ0n) is 12.8. The summed E-state index contributed by atoms with van der Waals surface area (Å²) in [6.07, 6.45) is 5.88. The molecular weight excluding hydrogens is 236 g/mol. The summed E-state index contributed by atoms with van der Waals surface area (Å²) >= 11 is 0. The van der Waals surface area contributed by atoms with E-state index in [2.05, 4.69) is 42.4 Å². The second kappa shape index (κ2) is 6.53. The van der Waals surface area contributed by atoms with Gasteiger partial charge in [-0.15, -0.1) is 0 Å². The van der Waals surface area contributed by atoms with Gasteiger partial charge in [-0.05, 0) is 51.9 Å². The summed E-state index contributed by atoms with van der Waals surface area (Å²) < 4.78 is 1.97. The number of rotatable bonds is 5. The second-order valence-corrected chi connectivity index (χ2v) is 5.69. The predicted molar refractivity (Wildman–Crippen MR) is 79.2 cm³/mol. The van der Waals surface area contributed by atoms with E-state index in [1.165, 1.54) is 30.6 Å². The van der Waals surface area contributed by atoms with Crippen LogP contribution in [0.1, 0.15) is 44.0 Å². The van der Waals surface area contributed by atoms with Gasteiger partial charge in [-0.2, -0.15) is 5.10 Å². The molecule has 2 rings (SSSR count). The van der Waals surface area contributed by atoms with E-state index in [4.69, 9.17) is 0 Å². The van der Waals surface area contributed by atoms with Gasteiger partial charge in [0.05, 0.1) is 5.69 Å². The standard InChI is InChI=1S/C15H28N4/c1-5-14-13(11-19(4)17-14)15-12(10-16-6-2)8-7-9-18(15)3/h11-12,15-16H,5-10H2,1-4H3. The minimum absolute atomic E-state index is 0.524. The SMILES string of the molecule is CCNCC1CCCN(C)C1c1cn(C)nc1CC. The maximum atomic E-state index is 4.62. The zero-order chi connectivity index (χ0) is 13.8. The highest BCUT2D eigenvalue weighted by Crippen LogP contribution is 2.36. The average molecular weight is 264 g/mol. The topological polar surface area (TPSA) is 33.1 Å². The Morgan fingerprint density at radius 2 is 2.16 bits per heavy atom. The van der Waals surface area contributed by atoms with Gasteiger partial charge in [0, 0.05) is 24.8 Å². The molecule has 2 atom stereocenters. The Morgan fingerprint density at radius 3 is 2.84 bits per heavy atom. The molecule has 0 amide bonds. The molecule has 0 spiro atoms. The number of aryl methyl sites for hydroxylation is 2. The van der Waals surface area contributed by atoms with E-state index in [-0.39, 0.29) is 0 Å². The first-order valence-corrected chi connectivity index (χ1v) is 7.60. The monoisotopic (exact) mass is 264 g/mol. The van der Waals surface area contributed by atoms with E-state index in [1.54, 1.807) is 0 Å². The molecule has 19 heavy (non-hydrogen) atoms. The lowest BCUT2D eigenvalue weighted by Crippen LogP contribution is -2.40. The first kappa shape index (κ1) is 14.5. The van der Waals surface area contributed by atoms with Gasteiger partial charge in [0.15, 0.2) is 0 Å². The van der Waals surface area contributed by atoms with Gasteiger partial charge in [-0.3, -0.25) is 9.58 Å². The third-order valence-corrected chi connectivity index (χ3v) is 4.25. The molecule has 0 aromatic carbocycles. The summed E-state index contributed by atoms with van der Waals surface area (Å²) in [7, 11) is 4.29. The number of nitrogens with one attached hydrogen (secondary N) is 1. The molecule has 0 radical (unpaired) electrons. The molecule has 4 nitrogen and oxygen atoms in total. The molecule has 0 bridgehead atoms. The molecule has 1 aliphatic heterocycles. The smallest absolute Gasteiger partial charge is 0.0669 e. The van der Waals surface area contributed by atoms with E-state index >= 15 is 0 Å². The Morgan fingerprint density at radius 1 is 1.37 bits per heavy atom. The van der Waals surface area contributed by atoms with Gasteiger partial charge in [0.1, 0.15) is 0 Å². The lowest BCUT2D eigenvalue weighted by Gasteiger charge is -2.39. The van der Waals surface area contributed by atoms with E-state index in [0.29, 0.717) is 12.0 Å². The molecule has 1 aromatic heterocycles. The van der Waals surface area contributed by atoms with E-state index in [0.717, 1.165) is 19.5 Å². The molecule has 108 valence electrons. The number of piperidine rings is 1. The van der Waals surface area contributed by atoms with Gasteiger partial charge in [0.25, 0.3) is 0 Å². The van der Waals surface area contributed by atoms with Crippen molar-refractivity contribution in [1.82, 2.24) is 20.0 Å². The van der Waals surface area contributed by atoms with Gasteiger partial charge in [-0.1, -0.05) is 13.8 Å². The Balaban J connectivity index is 2.24. The summed E-state index contributed by atoms with van der Waals surface area (Å²) in [6, 6.07) is 0.524. The first-order chi connectivity index (χ1) is 9.17. The van der Waals surface area contributed by atoms with E-state index < -0.39 is 0 Å². The molecule has 0 aliphatic carbocycles. The molecule has 2 heterocycles. The number of nitrogens with zero attached hydrogens (tertiary/aromatic N) is 3. The fraction of sp³-hybridized carbons (Fsp3) is 0.800. The quantitative estimate of drug-likeness (QED) is 0.883. The average Bonchev–Trinajstić information content (AvgIpc) is 2.77. The lowest BCUT2D eigenvalue weighted by atomic mass is 9.84. The number of aromatic nitrogens is 2. The normalized spacial score (nSPS) is 24.8. The third-order valence-electron chi connectivity index (χ3n) is 4.25. The molecule has 1 aromatic rings. The van der Waals surface area contributed by atoms with Crippen LogP contribution in [-0.2, 0) is 13.5 Å². The number of hydrogen-bond donors (Lipinski definition) is 1. The van der Waals surface area contributed by atoms with Crippen LogP contribution in [-0.4, -0.2) is 41.4 Å². The van der Waals surface area contributed by atoms with Crippen LogP contribution < -0.4 is 5.32 Å². The summed E-state index contributed by atoms with van der Waals surface area (Å²) in [4.78, 5) is 2.52. The predicted octanol–water partition coefficient (Wildman–Crippen LogP) is 1.97. The highest BCUT2D eigenvalue weighted by atomic mass is 15.3. The number of likely N-dealkylation sites (tertiary alicyclic amines) is 1. The van der Waals surface area contributed by atoms with Crippen molar-refractivity contribution in [2.45, 2.75) is 39.2 Å². The Labute approximate surface area is 117 Å². The van der Waals surface area contributed by atoms with Crippen molar-refractivity contribution in [3.05, 3.63) is 17.5 Å². The molecule has 0 saturated carbocycles. The van der Waals surface area contributed by atoms with Gasteiger partial charge in [0.2, 0.25) is 0 Å². The van der Waals surface area contributed by atoms with Crippen molar-refractivity contribution >= 4 is 0 Å².